The van der Waals surface area contributed by atoms with Crippen molar-refractivity contribution in [2.24, 2.45) is 0 Å². The van der Waals surface area contributed by atoms with E-state index in [1.54, 1.807) is 6.07 Å². The van der Waals surface area contributed by atoms with Crippen molar-refractivity contribution in [1.29, 1.82) is 0 Å². The normalized spacial score (nSPS) is 36.0. The van der Waals surface area contributed by atoms with E-state index in [1.165, 1.54) is 11.1 Å². The first kappa shape index (κ1) is 11.8. The fourth-order valence-electron chi connectivity index (χ4n) is 4.93. The van der Waals surface area contributed by atoms with Crippen molar-refractivity contribution in [3.63, 3.8) is 0 Å². The number of Topliss-reactive ketones (excluding diaryl/α,β-unsaturated/α-hetero) is 1. The molecule has 4 nitrogen and oxygen atoms in total. The molecule has 3 atom stereocenters. The molecule has 2 aliphatic heterocycles. The zero-order valence-corrected chi connectivity index (χ0v) is 11.9. The second-order valence-corrected chi connectivity index (χ2v) is 6.70. The molecular formula is C17H17NO3. The van der Waals surface area contributed by atoms with Crippen LogP contribution >= 0.6 is 0 Å². The molecule has 0 amide bonds. The molecule has 2 aliphatic carbocycles. The Labute approximate surface area is 123 Å². The van der Waals surface area contributed by atoms with E-state index < -0.39 is 6.10 Å². The molecular weight excluding hydrogens is 266 g/mol. The van der Waals surface area contributed by atoms with E-state index in [0.717, 1.165) is 24.9 Å². The van der Waals surface area contributed by atoms with Crippen molar-refractivity contribution in [2.45, 2.75) is 36.8 Å². The fraction of sp³-hybridized carbons (Fsp3) is 0.471. The number of phenolic OH excluding ortho intramolecular Hbond substituents is 1. The lowest BCUT2D eigenvalue weighted by atomic mass is 9.56. The van der Waals surface area contributed by atoms with Gasteiger partial charge in [-0.1, -0.05) is 12.1 Å². The minimum absolute atomic E-state index is 0.144. The smallest absolute Gasteiger partial charge is 0.178 e. The molecule has 0 aromatic heterocycles. The Balaban J connectivity index is 1.88. The van der Waals surface area contributed by atoms with Crippen LogP contribution in [0.25, 0.3) is 0 Å². The molecule has 4 heteroatoms. The van der Waals surface area contributed by atoms with E-state index >= 15 is 0 Å². The molecule has 1 N–H and O–H groups in total. The van der Waals surface area contributed by atoms with E-state index in [2.05, 4.69) is 18.0 Å². The van der Waals surface area contributed by atoms with Crippen molar-refractivity contribution in [3.05, 3.63) is 34.9 Å². The van der Waals surface area contributed by atoms with Crippen LogP contribution in [-0.4, -0.2) is 41.5 Å². The number of allylic oxidation sites excluding steroid dienone is 1. The number of hydrogen-bond donors (Lipinski definition) is 1. The Morgan fingerprint density at radius 1 is 1.43 bits per heavy atom. The summed E-state index contributed by atoms with van der Waals surface area (Å²) in [5, 5.41) is 10.2. The van der Waals surface area contributed by atoms with Crippen molar-refractivity contribution in [3.8, 4) is 11.5 Å². The number of carbonyl (C=O) groups excluding carboxylic acids is 1. The Hall–Kier alpha value is -1.81. The molecule has 2 heterocycles. The molecule has 0 radical (unpaired) electrons. The third-order valence-electron chi connectivity index (χ3n) is 5.85. The highest BCUT2D eigenvalue weighted by Crippen LogP contribution is 2.61. The SMILES string of the molecule is CN1CC[C@@]23C4=CCC(=O)C2Oc2c(O)ccc(c23)C[C@H]41. The molecule has 1 unspecified atom stereocenters. The summed E-state index contributed by atoms with van der Waals surface area (Å²) in [6.45, 7) is 0.962. The molecule has 21 heavy (non-hydrogen) atoms. The minimum atomic E-state index is -0.434. The van der Waals surface area contributed by atoms with Crippen LogP contribution in [0.4, 0.5) is 0 Å². The van der Waals surface area contributed by atoms with Crippen LogP contribution in [0.1, 0.15) is 24.0 Å². The second-order valence-electron chi connectivity index (χ2n) is 6.70. The summed E-state index contributed by atoms with van der Waals surface area (Å²) >= 11 is 0. The lowest BCUT2D eigenvalue weighted by Gasteiger charge is -2.52. The number of likely N-dealkylation sites (N-methyl/N-ethyl adjacent to an activating group) is 1. The number of rotatable bonds is 0. The van der Waals surface area contributed by atoms with E-state index in [-0.39, 0.29) is 16.9 Å². The number of ether oxygens (including phenoxy) is 1. The first-order valence-electron chi connectivity index (χ1n) is 7.58. The zero-order valence-electron chi connectivity index (χ0n) is 11.9. The third-order valence-corrected chi connectivity index (χ3v) is 5.85. The number of hydrogen-bond acceptors (Lipinski definition) is 4. The lowest BCUT2D eigenvalue weighted by Crippen LogP contribution is -2.60. The summed E-state index contributed by atoms with van der Waals surface area (Å²) in [6.07, 6.45) is 3.99. The predicted molar refractivity (Wildman–Crippen MR) is 76.6 cm³/mol. The first-order valence-corrected chi connectivity index (χ1v) is 7.58. The summed E-state index contributed by atoms with van der Waals surface area (Å²) in [5.41, 5.74) is 3.36. The van der Waals surface area contributed by atoms with E-state index in [4.69, 9.17) is 4.74 Å². The van der Waals surface area contributed by atoms with Gasteiger partial charge in [-0.2, -0.15) is 0 Å². The molecule has 108 valence electrons. The average Bonchev–Trinajstić information content (AvgIpc) is 2.83. The van der Waals surface area contributed by atoms with Crippen LogP contribution in [0.15, 0.2) is 23.8 Å². The predicted octanol–water partition coefficient (Wildman–Crippen LogP) is 1.55. The van der Waals surface area contributed by atoms with Crippen LogP contribution in [0.3, 0.4) is 0 Å². The number of ketones is 1. The highest BCUT2D eigenvalue weighted by atomic mass is 16.5. The maximum Gasteiger partial charge on any atom is 0.178 e. The molecule has 1 fully saturated rings. The number of aromatic hydroxyl groups is 1. The fourth-order valence-corrected chi connectivity index (χ4v) is 4.93. The molecule has 1 saturated heterocycles. The first-order chi connectivity index (χ1) is 10.1. The maximum absolute atomic E-state index is 12.4. The number of piperidine rings is 1. The van der Waals surface area contributed by atoms with Crippen LogP contribution in [0.5, 0.6) is 11.5 Å². The topological polar surface area (TPSA) is 49.8 Å². The van der Waals surface area contributed by atoms with Crippen molar-refractivity contribution < 1.29 is 14.6 Å². The van der Waals surface area contributed by atoms with E-state index in [1.807, 2.05) is 6.07 Å². The lowest BCUT2D eigenvalue weighted by molar-refractivity contribution is -0.128. The zero-order chi connectivity index (χ0) is 14.4. The van der Waals surface area contributed by atoms with Gasteiger partial charge in [-0.05, 0) is 43.6 Å². The summed E-state index contributed by atoms with van der Waals surface area (Å²) < 4.78 is 6.00. The minimum Gasteiger partial charge on any atom is -0.504 e. The largest absolute Gasteiger partial charge is 0.504 e. The Kier molecular flexibility index (Phi) is 1.97. The van der Waals surface area contributed by atoms with Gasteiger partial charge in [0.1, 0.15) is 0 Å². The molecule has 5 rings (SSSR count). The van der Waals surface area contributed by atoms with Gasteiger partial charge in [0.25, 0.3) is 0 Å². The highest BCUT2D eigenvalue weighted by molar-refractivity contribution is 5.92. The van der Waals surface area contributed by atoms with Gasteiger partial charge in [0.15, 0.2) is 23.4 Å². The van der Waals surface area contributed by atoms with Crippen LogP contribution in [-0.2, 0) is 16.6 Å². The van der Waals surface area contributed by atoms with Crippen LogP contribution < -0.4 is 4.74 Å². The van der Waals surface area contributed by atoms with Gasteiger partial charge in [0, 0.05) is 18.0 Å². The second kappa shape index (κ2) is 3.50. The molecule has 1 spiro atoms. The number of likely N-dealkylation sites (tertiary alicyclic amines) is 1. The summed E-state index contributed by atoms with van der Waals surface area (Å²) in [4.78, 5) is 14.8. The Morgan fingerprint density at radius 3 is 3.14 bits per heavy atom. The quantitative estimate of drug-likeness (QED) is 0.734. The van der Waals surface area contributed by atoms with Gasteiger partial charge in [-0.3, -0.25) is 9.69 Å². The van der Waals surface area contributed by atoms with Gasteiger partial charge in [0.2, 0.25) is 0 Å². The number of benzene rings is 1. The molecule has 4 aliphatic rings. The van der Waals surface area contributed by atoms with Gasteiger partial charge >= 0.3 is 0 Å². The van der Waals surface area contributed by atoms with Gasteiger partial charge in [0.05, 0.1) is 5.41 Å². The van der Waals surface area contributed by atoms with Crippen molar-refractivity contribution in [1.82, 2.24) is 4.90 Å². The van der Waals surface area contributed by atoms with Crippen LogP contribution in [0, 0.1) is 0 Å². The average molecular weight is 283 g/mol. The Bertz CT molecular complexity index is 723. The van der Waals surface area contributed by atoms with Gasteiger partial charge in [-0.25, -0.2) is 0 Å². The van der Waals surface area contributed by atoms with E-state index in [9.17, 15) is 9.90 Å². The molecule has 0 saturated carbocycles. The van der Waals surface area contributed by atoms with Crippen LogP contribution in [0.2, 0.25) is 0 Å². The monoisotopic (exact) mass is 283 g/mol. The number of phenols is 1. The highest BCUT2D eigenvalue weighted by Gasteiger charge is 2.62. The van der Waals surface area contributed by atoms with Gasteiger partial charge in [-0.15, -0.1) is 0 Å². The van der Waals surface area contributed by atoms with Crippen molar-refractivity contribution >= 4 is 5.78 Å². The summed E-state index contributed by atoms with van der Waals surface area (Å²) in [5.74, 6) is 0.870. The molecule has 2 bridgehead atoms. The molecule has 1 aromatic carbocycles. The third kappa shape index (κ3) is 1.16. The van der Waals surface area contributed by atoms with Gasteiger partial charge < -0.3 is 9.84 Å². The summed E-state index contributed by atoms with van der Waals surface area (Å²) in [7, 11) is 2.16. The number of nitrogens with zero attached hydrogens (tertiary/aromatic N) is 1. The number of carbonyl (C=O) groups is 1. The van der Waals surface area contributed by atoms with Crippen molar-refractivity contribution in [2.75, 3.05) is 13.6 Å². The maximum atomic E-state index is 12.4. The standard InChI is InChI=1S/C17H17NO3/c1-18-7-6-17-10-3-5-13(20)16(17)21-15-12(19)4-2-9(14(15)17)8-11(10)18/h2-4,11,16,19H,5-8H2,1H3/t11-,16?,17+/m1/s1. The Morgan fingerprint density at radius 2 is 2.29 bits per heavy atom. The van der Waals surface area contributed by atoms with E-state index in [0.29, 0.717) is 18.2 Å². The molecule has 1 aromatic rings. The summed E-state index contributed by atoms with van der Waals surface area (Å²) in [6, 6.07) is 4.07.